The molecule has 1 saturated carbocycles. The molecule has 1 aromatic carbocycles. The number of hydrogen-bond donors (Lipinski definition) is 2. The standard InChI is InChI=1S/C22H22N6O3/c29-19-18-17(25-21(26-19)27-13-15(11-23-27)20(30)31)12-24-28(18)14-22(9-5-2-6-10-22)16-7-3-1-4-8-16/h1,3-4,7-8,11-13H,2,5-6,9-10,14H2,(H,30,31)(H,25,26,29). The third-order valence-corrected chi connectivity index (χ3v) is 6.18. The lowest BCUT2D eigenvalue weighted by molar-refractivity contribution is 0.0697. The molecule has 0 unspecified atom stereocenters. The molecule has 3 heterocycles. The Morgan fingerprint density at radius 2 is 1.87 bits per heavy atom. The number of benzene rings is 1. The average molecular weight is 418 g/mol. The fourth-order valence-corrected chi connectivity index (χ4v) is 4.62. The summed E-state index contributed by atoms with van der Waals surface area (Å²) in [6, 6.07) is 10.5. The highest BCUT2D eigenvalue weighted by atomic mass is 16.4. The Bertz CT molecular complexity index is 1300. The molecule has 4 aromatic rings. The molecule has 9 heteroatoms. The van der Waals surface area contributed by atoms with Crippen molar-refractivity contribution < 1.29 is 9.90 Å². The summed E-state index contributed by atoms with van der Waals surface area (Å²) < 4.78 is 3.00. The second kappa shape index (κ2) is 7.50. The second-order valence-corrected chi connectivity index (χ2v) is 8.11. The number of hydrogen-bond acceptors (Lipinski definition) is 5. The van der Waals surface area contributed by atoms with Crippen LogP contribution in [0, 0.1) is 0 Å². The first-order valence-electron chi connectivity index (χ1n) is 10.4. The molecule has 3 aromatic heterocycles. The molecule has 1 aliphatic carbocycles. The van der Waals surface area contributed by atoms with Gasteiger partial charge in [-0.25, -0.2) is 14.5 Å². The Balaban J connectivity index is 1.55. The molecule has 0 amide bonds. The molecule has 0 spiro atoms. The number of aromatic nitrogens is 6. The smallest absolute Gasteiger partial charge is 0.338 e. The lowest BCUT2D eigenvalue weighted by atomic mass is 9.69. The average Bonchev–Trinajstić information content (AvgIpc) is 3.43. The summed E-state index contributed by atoms with van der Waals surface area (Å²) in [7, 11) is 0. The number of aromatic amines is 1. The normalized spacial score (nSPS) is 15.9. The maximum absolute atomic E-state index is 13.0. The summed E-state index contributed by atoms with van der Waals surface area (Å²) in [6.45, 7) is 0.607. The molecule has 158 valence electrons. The molecule has 1 aliphatic rings. The highest BCUT2D eigenvalue weighted by Gasteiger charge is 2.35. The molecule has 0 aliphatic heterocycles. The molecule has 2 N–H and O–H groups in total. The Kier molecular flexibility index (Phi) is 4.65. The van der Waals surface area contributed by atoms with Gasteiger partial charge in [-0.05, 0) is 18.4 Å². The number of H-pyrrole nitrogens is 1. The van der Waals surface area contributed by atoms with Gasteiger partial charge in [0.05, 0.1) is 24.5 Å². The zero-order chi connectivity index (χ0) is 21.4. The van der Waals surface area contributed by atoms with Crippen molar-refractivity contribution in [1.82, 2.24) is 29.5 Å². The van der Waals surface area contributed by atoms with Crippen molar-refractivity contribution >= 4 is 17.0 Å². The fraction of sp³-hybridized carbons (Fsp3) is 0.318. The third-order valence-electron chi connectivity index (χ3n) is 6.18. The van der Waals surface area contributed by atoms with Crippen LogP contribution in [0.15, 0.2) is 53.7 Å². The first kappa shape index (κ1) is 19.2. The number of carboxylic acid groups (broad SMARTS) is 1. The maximum Gasteiger partial charge on any atom is 0.338 e. The van der Waals surface area contributed by atoms with Gasteiger partial charge in [0.15, 0.2) is 5.52 Å². The van der Waals surface area contributed by atoms with Gasteiger partial charge in [-0.1, -0.05) is 49.6 Å². The lowest BCUT2D eigenvalue weighted by Crippen LogP contribution is -2.35. The number of aromatic carboxylic acids is 1. The number of nitrogens with one attached hydrogen (secondary N) is 1. The molecule has 5 rings (SSSR count). The van der Waals surface area contributed by atoms with Crippen molar-refractivity contribution in [2.45, 2.75) is 44.1 Å². The summed E-state index contributed by atoms with van der Waals surface area (Å²) in [4.78, 5) is 31.2. The van der Waals surface area contributed by atoms with Crippen LogP contribution in [0.25, 0.3) is 17.0 Å². The molecular weight excluding hydrogens is 396 g/mol. The number of fused-ring (bicyclic) bond motifs is 1. The van der Waals surface area contributed by atoms with E-state index in [1.54, 1.807) is 10.9 Å². The minimum absolute atomic E-state index is 0.0144. The van der Waals surface area contributed by atoms with E-state index >= 15 is 0 Å². The van der Waals surface area contributed by atoms with Crippen LogP contribution < -0.4 is 5.56 Å². The predicted octanol–water partition coefficient (Wildman–Crippen LogP) is 2.91. The maximum atomic E-state index is 13.0. The van der Waals surface area contributed by atoms with Crippen LogP contribution in [0.4, 0.5) is 0 Å². The van der Waals surface area contributed by atoms with E-state index in [2.05, 4.69) is 44.4 Å². The summed E-state index contributed by atoms with van der Waals surface area (Å²) in [5.41, 5.74) is 1.75. The molecule has 0 saturated heterocycles. The van der Waals surface area contributed by atoms with Crippen molar-refractivity contribution in [3.63, 3.8) is 0 Å². The van der Waals surface area contributed by atoms with Crippen LogP contribution in [0.5, 0.6) is 0 Å². The van der Waals surface area contributed by atoms with Crippen molar-refractivity contribution in [2.24, 2.45) is 0 Å². The van der Waals surface area contributed by atoms with Gasteiger partial charge in [-0.2, -0.15) is 10.2 Å². The minimum atomic E-state index is -1.10. The van der Waals surface area contributed by atoms with E-state index in [1.165, 1.54) is 29.1 Å². The first-order valence-corrected chi connectivity index (χ1v) is 10.4. The summed E-state index contributed by atoms with van der Waals surface area (Å²) in [5, 5.41) is 17.6. The Morgan fingerprint density at radius 3 is 2.58 bits per heavy atom. The summed E-state index contributed by atoms with van der Waals surface area (Å²) >= 11 is 0. The molecule has 0 bridgehead atoms. The van der Waals surface area contributed by atoms with Crippen LogP contribution in [0.1, 0.15) is 48.0 Å². The topological polar surface area (TPSA) is 119 Å². The van der Waals surface area contributed by atoms with E-state index in [4.69, 9.17) is 5.11 Å². The predicted molar refractivity (Wildman–Crippen MR) is 113 cm³/mol. The Morgan fingerprint density at radius 1 is 1.10 bits per heavy atom. The lowest BCUT2D eigenvalue weighted by Gasteiger charge is -2.38. The van der Waals surface area contributed by atoms with Crippen LogP contribution in [0.2, 0.25) is 0 Å². The van der Waals surface area contributed by atoms with E-state index in [1.807, 2.05) is 6.07 Å². The van der Waals surface area contributed by atoms with E-state index in [-0.39, 0.29) is 22.5 Å². The fourth-order valence-electron chi connectivity index (χ4n) is 4.62. The van der Waals surface area contributed by atoms with Gasteiger partial charge >= 0.3 is 5.97 Å². The third kappa shape index (κ3) is 3.41. The first-order chi connectivity index (χ1) is 15.1. The van der Waals surface area contributed by atoms with Gasteiger partial charge in [-0.15, -0.1) is 0 Å². The van der Waals surface area contributed by atoms with Gasteiger partial charge in [0.1, 0.15) is 5.52 Å². The number of rotatable bonds is 5. The van der Waals surface area contributed by atoms with Gasteiger partial charge in [0.25, 0.3) is 5.56 Å². The van der Waals surface area contributed by atoms with Gasteiger partial charge in [0.2, 0.25) is 5.95 Å². The number of nitrogens with zero attached hydrogens (tertiary/aromatic N) is 5. The monoisotopic (exact) mass is 418 g/mol. The Labute approximate surface area is 177 Å². The molecule has 1 fully saturated rings. The quantitative estimate of drug-likeness (QED) is 0.514. The van der Waals surface area contributed by atoms with Crippen LogP contribution in [-0.2, 0) is 12.0 Å². The van der Waals surface area contributed by atoms with Crippen molar-refractivity contribution in [3.8, 4) is 5.95 Å². The largest absolute Gasteiger partial charge is 0.478 e. The van der Waals surface area contributed by atoms with E-state index in [0.717, 1.165) is 25.7 Å². The van der Waals surface area contributed by atoms with E-state index in [9.17, 15) is 9.59 Å². The van der Waals surface area contributed by atoms with Crippen LogP contribution >= 0.6 is 0 Å². The molecule has 0 radical (unpaired) electrons. The Hall–Kier alpha value is -3.75. The number of carbonyl (C=O) groups is 1. The zero-order valence-corrected chi connectivity index (χ0v) is 16.9. The van der Waals surface area contributed by atoms with Crippen LogP contribution in [-0.4, -0.2) is 40.6 Å². The van der Waals surface area contributed by atoms with Crippen molar-refractivity contribution in [3.05, 3.63) is 70.4 Å². The zero-order valence-electron chi connectivity index (χ0n) is 16.9. The number of carboxylic acids is 1. The van der Waals surface area contributed by atoms with Gasteiger partial charge in [0, 0.05) is 11.6 Å². The molecular formula is C22H22N6O3. The second-order valence-electron chi connectivity index (χ2n) is 8.11. The summed E-state index contributed by atoms with van der Waals surface area (Å²) in [5.74, 6) is -0.943. The molecule has 31 heavy (non-hydrogen) atoms. The van der Waals surface area contributed by atoms with E-state index in [0.29, 0.717) is 17.6 Å². The molecule has 0 atom stereocenters. The summed E-state index contributed by atoms with van der Waals surface area (Å²) in [6.07, 6.45) is 9.72. The van der Waals surface area contributed by atoms with Crippen molar-refractivity contribution in [2.75, 3.05) is 0 Å². The minimum Gasteiger partial charge on any atom is -0.478 e. The van der Waals surface area contributed by atoms with Crippen LogP contribution in [0.3, 0.4) is 0 Å². The van der Waals surface area contributed by atoms with E-state index < -0.39 is 5.97 Å². The highest BCUT2D eigenvalue weighted by Crippen LogP contribution is 2.41. The van der Waals surface area contributed by atoms with Gasteiger partial charge < -0.3 is 5.11 Å². The van der Waals surface area contributed by atoms with Gasteiger partial charge in [-0.3, -0.25) is 14.5 Å². The highest BCUT2D eigenvalue weighted by molar-refractivity contribution is 5.87. The van der Waals surface area contributed by atoms with Crippen molar-refractivity contribution in [1.29, 1.82) is 0 Å². The SMILES string of the molecule is O=C(O)c1cnn(-c2nc3cnn(CC4(c5ccccc5)CCCCC4)c3c(=O)[nH]2)c1. The molecule has 9 nitrogen and oxygen atoms in total.